The molecule has 2 rings (SSSR count). The minimum atomic E-state index is -0.384. The average Bonchev–Trinajstić information content (AvgIpc) is 2.76. The number of benzene rings is 1. The van der Waals surface area contributed by atoms with Crippen molar-refractivity contribution in [2.45, 2.75) is 19.4 Å². The van der Waals surface area contributed by atoms with Crippen LogP contribution in [0.5, 0.6) is 0 Å². The van der Waals surface area contributed by atoms with Crippen molar-refractivity contribution in [3.63, 3.8) is 0 Å². The Balaban J connectivity index is 2.36. The van der Waals surface area contributed by atoms with Crippen LogP contribution >= 0.6 is 11.6 Å². The molecule has 1 aromatic carbocycles. The van der Waals surface area contributed by atoms with Crippen molar-refractivity contribution in [2.75, 3.05) is 0 Å². The number of nitrogens with two attached hydrogens (primary N) is 1. The van der Waals surface area contributed by atoms with Gasteiger partial charge in [0.15, 0.2) is 0 Å². The Kier molecular flexibility index (Phi) is 3.50. The van der Waals surface area contributed by atoms with Crippen molar-refractivity contribution >= 4 is 11.6 Å². The van der Waals surface area contributed by atoms with E-state index in [1.54, 1.807) is 12.1 Å². The fourth-order valence-electron chi connectivity index (χ4n) is 1.60. The molecule has 1 heterocycles. The van der Waals surface area contributed by atoms with E-state index in [-0.39, 0.29) is 11.9 Å². The average molecular weight is 254 g/mol. The maximum Gasteiger partial charge on any atom is 0.134 e. The third kappa shape index (κ3) is 2.68. The summed E-state index contributed by atoms with van der Waals surface area (Å²) in [7, 11) is 0. The zero-order valence-electron chi connectivity index (χ0n) is 9.41. The van der Waals surface area contributed by atoms with Gasteiger partial charge < -0.3 is 10.2 Å². The van der Waals surface area contributed by atoms with Gasteiger partial charge in [0.05, 0.1) is 6.04 Å². The molecule has 17 heavy (non-hydrogen) atoms. The molecular weight excluding hydrogens is 241 g/mol. The first-order valence-corrected chi connectivity index (χ1v) is 5.79. The summed E-state index contributed by atoms with van der Waals surface area (Å²) in [5, 5.41) is 0.345. The fourth-order valence-corrected chi connectivity index (χ4v) is 1.83. The molecule has 0 amide bonds. The lowest BCUT2D eigenvalue weighted by molar-refractivity contribution is 0.469. The third-order valence-electron chi connectivity index (χ3n) is 2.58. The number of furan rings is 1. The standard InChI is InChI=1S/C13H13ClFNO/c1-2-11(16)13-4-3-12(17-13)8-5-9(14)7-10(15)6-8/h3-7,11H,2,16H2,1H3. The van der Waals surface area contributed by atoms with E-state index in [4.69, 9.17) is 21.8 Å². The Morgan fingerprint density at radius 3 is 2.76 bits per heavy atom. The zero-order valence-corrected chi connectivity index (χ0v) is 10.2. The molecule has 2 nitrogen and oxygen atoms in total. The largest absolute Gasteiger partial charge is 0.459 e. The minimum absolute atomic E-state index is 0.132. The van der Waals surface area contributed by atoms with Crippen LogP contribution in [0.4, 0.5) is 4.39 Å². The molecule has 4 heteroatoms. The molecule has 2 N–H and O–H groups in total. The van der Waals surface area contributed by atoms with E-state index in [1.807, 2.05) is 13.0 Å². The van der Waals surface area contributed by atoms with Gasteiger partial charge >= 0.3 is 0 Å². The van der Waals surface area contributed by atoms with Gasteiger partial charge in [0.2, 0.25) is 0 Å². The van der Waals surface area contributed by atoms with E-state index in [0.29, 0.717) is 22.1 Å². The highest BCUT2D eigenvalue weighted by molar-refractivity contribution is 6.30. The van der Waals surface area contributed by atoms with E-state index in [2.05, 4.69) is 0 Å². The maximum absolute atomic E-state index is 13.2. The highest BCUT2D eigenvalue weighted by Gasteiger charge is 2.11. The predicted octanol–water partition coefficient (Wildman–Crippen LogP) is 4.15. The summed E-state index contributed by atoms with van der Waals surface area (Å²) < 4.78 is 18.8. The van der Waals surface area contributed by atoms with Crippen LogP contribution in [0.2, 0.25) is 5.02 Å². The van der Waals surface area contributed by atoms with E-state index >= 15 is 0 Å². The van der Waals surface area contributed by atoms with Gasteiger partial charge in [-0.2, -0.15) is 0 Å². The molecule has 1 atom stereocenters. The van der Waals surface area contributed by atoms with E-state index < -0.39 is 0 Å². The number of hydrogen-bond donors (Lipinski definition) is 1. The lowest BCUT2D eigenvalue weighted by atomic mass is 10.1. The summed E-state index contributed by atoms with van der Waals surface area (Å²) in [6, 6.07) is 7.74. The smallest absolute Gasteiger partial charge is 0.134 e. The molecule has 90 valence electrons. The van der Waals surface area contributed by atoms with Crippen LogP contribution in [0.1, 0.15) is 25.1 Å². The van der Waals surface area contributed by atoms with Crippen LogP contribution in [0.3, 0.4) is 0 Å². The molecule has 2 aromatic rings. The molecule has 0 aliphatic carbocycles. The third-order valence-corrected chi connectivity index (χ3v) is 2.80. The molecule has 0 aliphatic rings. The second-order valence-electron chi connectivity index (χ2n) is 3.87. The molecule has 1 aromatic heterocycles. The van der Waals surface area contributed by atoms with E-state index in [9.17, 15) is 4.39 Å². The van der Waals surface area contributed by atoms with Crippen LogP contribution in [0, 0.1) is 5.82 Å². The highest BCUT2D eigenvalue weighted by atomic mass is 35.5. The molecule has 0 saturated heterocycles. The van der Waals surface area contributed by atoms with Gasteiger partial charge in [-0.25, -0.2) is 4.39 Å². The summed E-state index contributed by atoms with van der Waals surface area (Å²) in [6.45, 7) is 1.98. The van der Waals surface area contributed by atoms with Gasteiger partial charge in [-0.1, -0.05) is 18.5 Å². The Bertz CT molecular complexity index is 504. The normalized spacial score (nSPS) is 12.7. The zero-order chi connectivity index (χ0) is 12.4. The van der Waals surface area contributed by atoms with E-state index in [1.165, 1.54) is 12.1 Å². The molecular formula is C13H13ClFNO. The van der Waals surface area contributed by atoms with Crippen LogP contribution in [0.15, 0.2) is 34.7 Å². The summed E-state index contributed by atoms with van der Waals surface area (Å²) in [5.74, 6) is 0.887. The quantitative estimate of drug-likeness (QED) is 0.893. The first-order chi connectivity index (χ1) is 8.10. The Labute approximate surface area is 104 Å². The van der Waals surface area contributed by atoms with Gasteiger partial charge in [-0.05, 0) is 36.8 Å². The van der Waals surface area contributed by atoms with Crippen molar-refractivity contribution in [3.05, 3.63) is 46.9 Å². The van der Waals surface area contributed by atoms with Gasteiger partial charge in [0.1, 0.15) is 17.3 Å². The predicted molar refractivity (Wildman–Crippen MR) is 66.3 cm³/mol. The van der Waals surface area contributed by atoms with E-state index in [0.717, 1.165) is 6.42 Å². The van der Waals surface area contributed by atoms with Crippen LogP contribution < -0.4 is 5.73 Å². The molecule has 0 saturated carbocycles. The summed E-state index contributed by atoms with van der Waals surface area (Å²) in [4.78, 5) is 0. The minimum Gasteiger partial charge on any atom is -0.459 e. The van der Waals surface area contributed by atoms with Crippen molar-refractivity contribution < 1.29 is 8.81 Å². The SMILES string of the molecule is CCC(N)c1ccc(-c2cc(F)cc(Cl)c2)o1. The first-order valence-electron chi connectivity index (χ1n) is 5.42. The fraction of sp³-hybridized carbons (Fsp3) is 0.231. The van der Waals surface area contributed by atoms with Crippen molar-refractivity contribution in [1.82, 2.24) is 0 Å². The number of halogens is 2. The number of hydrogen-bond acceptors (Lipinski definition) is 2. The van der Waals surface area contributed by atoms with Gasteiger partial charge in [-0.15, -0.1) is 0 Å². The van der Waals surface area contributed by atoms with Gasteiger partial charge in [-0.3, -0.25) is 0 Å². The van der Waals surface area contributed by atoms with Crippen molar-refractivity contribution in [3.8, 4) is 11.3 Å². The lowest BCUT2D eigenvalue weighted by Crippen LogP contribution is -2.06. The topological polar surface area (TPSA) is 39.2 Å². The van der Waals surface area contributed by atoms with Gasteiger partial charge in [0, 0.05) is 10.6 Å². The van der Waals surface area contributed by atoms with Crippen molar-refractivity contribution in [1.29, 1.82) is 0 Å². The van der Waals surface area contributed by atoms with Gasteiger partial charge in [0.25, 0.3) is 0 Å². The first kappa shape index (κ1) is 12.1. The molecule has 0 radical (unpaired) electrons. The Morgan fingerprint density at radius 1 is 1.35 bits per heavy atom. The van der Waals surface area contributed by atoms with Crippen molar-refractivity contribution in [2.24, 2.45) is 5.73 Å². The second-order valence-corrected chi connectivity index (χ2v) is 4.31. The summed E-state index contributed by atoms with van der Waals surface area (Å²) in [5.41, 5.74) is 6.47. The molecule has 1 unspecified atom stereocenters. The number of rotatable bonds is 3. The molecule has 0 bridgehead atoms. The van der Waals surface area contributed by atoms with Crippen LogP contribution in [-0.4, -0.2) is 0 Å². The second kappa shape index (κ2) is 4.90. The Hall–Kier alpha value is -1.32. The molecule has 0 fully saturated rings. The van der Waals surface area contributed by atoms with Crippen LogP contribution in [0.25, 0.3) is 11.3 Å². The maximum atomic E-state index is 13.2. The lowest BCUT2D eigenvalue weighted by Gasteiger charge is -2.04. The highest BCUT2D eigenvalue weighted by Crippen LogP contribution is 2.28. The Morgan fingerprint density at radius 2 is 2.12 bits per heavy atom. The monoisotopic (exact) mass is 253 g/mol. The van der Waals surface area contributed by atoms with Crippen LogP contribution in [-0.2, 0) is 0 Å². The molecule has 0 spiro atoms. The summed E-state index contributed by atoms with van der Waals surface area (Å²) >= 11 is 5.79. The molecule has 0 aliphatic heterocycles. The summed E-state index contributed by atoms with van der Waals surface area (Å²) in [6.07, 6.45) is 0.789.